The highest BCUT2D eigenvalue weighted by Crippen LogP contribution is 2.46. The predicted octanol–water partition coefficient (Wildman–Crippen LogP) is 4.31. The minimum Gasteiger partial charge on any atom is -0.461 e. The summed E-state index contributed by atoms with van der Waals surface area (Å²) in [5.74, 6) is -0.526. The van der Waals surface area contributed by atoms with Gasteiger partial charge in [0.05, 0.1) is 6.26 Å². The summed E-state index contributed by atoms with van der Waals surface area (Å²) in [5.41, 5.74) is 3.84. The fraction of sp³-hybridized carbons (Fsp3) is 0.500. The van der Waals surface area contributed by atoms with Crippen LogP contribution in [-0.4, -0.2) is 17.9 Å². The van der Waals surface area contributed by atoms with E-state index < -0.39 is 5.97 Å². The molecule has 1 heterocycles. The number of fused-ring (bicyclic) bond motifs is 2. The van der Waals surface area contributed by atoms with Gasteiger partial charge >= 0.3 is 17.9 Å². The summed E-state index contributed by atoms with van der Waals surface area (Å²) in [6.07, 6.45) is 4.43. The van der Waals surface area contributed by atoms with Crippen molar-refractivity contribution in [2.45, 2.75) is 72.5 Å². The van der Waals surface area contributed by atoms with Gasteiger partial charge in [0.15, 0.2) is 11.3 Å². The Morgan fingerprint density at radius 1 is 1.14 bits per heavy atom. The zero-order valence-electron chi connectivity index (χ0n) is 17.3. The molecule has 0 fully saturated rings. The van der Waals surface area contributed by atoms with Crippen LogP contribution in [0.4, 0.5) is 0 Å². The standard InChI is InChI=1S/C22H26O7/c1-5-18(25)29-21-16-8-6-7-12(2)19(16)17(11-27-14(4)24)20-15(9-26-13(3)23)10-28-22(20)21/h10,12H,5-9,11H2,1-4H3/t12-/m0/s1. The van der Waals surface area contributed by atoms with Crippen LogP contribution in [0.5, 0.6) is 5.75 Å². The molecule has 156 valence electrons. The number of rotatable bonds is 6. The van der Waals surface area contributed by atoms with Crippen LogP contribution >= 0.6 is 0 Å². The van der Waals surface area contributed by atoms with Crippen molar-refractivity contribution in [1.29, 1.82) is 0 Å². The molecule has 0 aliphatic heterocycles. The Labute approximate surface area is 169 Å². The normalized spacial score (nSPS) is 15.7. The van der Waals surface area contributed by atoms with Crippen LogP contribution in [0.3, 0.4) is 0 Å². The Kier molecular flexibility index (Phi) is 6.25. The molecule has 0 unspecified atom stereocenters. The van der Waals surface area contributed by atoms with Crippen molar-refractivity contribution in [1.82, 2.24) is 0 Å². The summed E-state index contributed by atoms with van der Waals surface area (Å²) in [6.45, 7) is 6.63. The average Bonchev–Trinajstić information content (AvgIpc) is 3.09. The van der Waals surface area contributed by atoms with Crippen LogP contribution < -0.4 is 4.74 Å². The van der Waals surface area contributed by atoms with E-state index in [2.05, 4.69) is 6.92 Å². The molecule has 0 radical (unpaired) electrons. The minimum absolute atomic E-state index is 0.0176. The minimum atomic E-state index is -0.412. The third-order valence-corrected chi connectivity index (χ3v) is 5.21. The van der Waals surface area contributed by atoms with E-state index in [1.165, 1.54) is 20.1 Å². The van der Waals surface area contributed by atoms with Crippen LogP contribution in [0.25, 0.3) is 11.0 Å². The molecular weight excluding hydrogens is 376 g/mol. The highest BCUT2D eigenvalue weighted by atomic mass is 16.5. The van der Waals surface area contributed by atoms with Gasteiger partial charge < -0.3 is 18.6 Å². The van der Waals surface area contributed by atoms with Gasteiger partial charge in [-0.15, -0.1) is 0 Å². The number of benzene rings is 1. The number of hydrogen-bond acceptors (Lipinski definition) is 7. The second-order valence-electron chi connectivity index (χ2n) is 7.35. The number of hydrogen-bond donors (Lipinski definition) is 0. The second-order valence-corrected chi connectivity index (χ2v) is 7.35. The van der Waals surface area contributed by atoms with Crippen molar-refractivity contribution in [3.05, 3.63) is 28.5 Å². The van der Waals surface area contributed by atoms with E-state index in [4.69, 9.17) is 18.6 Å². The van der Waals surface area contributed by atoms with E-state index in [9.17, 15) is 14.4 Å². The lowest BCUT2D eigenvalue weighted by Crippen LogP contribution is -2.16. The molecule has 1 aromatic heterocycles. The first-order chi connectivity index (χ1) is 13.8. The lowest BCUT2D eigenvalue weighted by atomic mass is 9.79. The van der Waals surface area contributed by atoms with Gasteiger partial charge in [0.25, 0.3) is 0 Å². The predicted molar refractivity (Wildman–Crippen MR) is 104 cm³/mol. The van der Waals surface area contributed by atoms with Crippen molar-refractivity contribution in [3.8, 4) is 5.75 Å². The van der Waals surface area contributed by atoms with Crippen molar-refractivity contribution in [3.63, 3.8) is 0 Å². The van der Waals surface area contributed by atoms with Crippen molar-refractivity contribution in [2.24, 2.45) is 0 Å². The van der Waals surface area contributed by atoms with E-state index >= 15 is 0 Å². The van der Waals surface area contributed by atoms with Gasteiger partial charge in [-0.25, -0.2) is 0 Å². The summed E-state index contributed by atoms with van der Waals surface area (Å²) in [4.78, 5) is 34.9. The van der Waals surface area contributed by atoms with E-state index in [0.29, 0.717) is 22.3 Å². The molecule has 7 nitrogen and oxygen atoms in total. The quantitative estimate of drug-likeness (QED) is 0.525. The van der Waals surface area contributed by atoms with Gasteiger partial charge in [0, 0.05) is 42.3 Å². The van der Waals surface area contributed by atoms with Gasteiger partial charge in [-0.3, -0.25) is 14.4 Å². The zero-order chi connectivity index (χ0) is 21.1. The number of carbonyl (C=O) groups excluding carboxylic acids is 3. The number of esters is 3. The molecule has 0 bridgehead atoms. The Morgan fingerprint density at radius 3 is 2.48 bits per heavy atom. The third kappa shape index (κ3) is 4.28. The summed E-state index contributed by atoms with van der Waals surface area (Å²) in [7, 11) is 0. The fourth-order valence-electron chi connectivity index (χ4n) is 3.94. The molecule has 1 aromatic carbocycles. The smallest absolute Gasteiger partial charge is 0.311 e. The molecule has 0 spiro atoms. The average molecular weight is 402 g/mol. The van der Waals surface area contributed by atoms with Gasteiger partial charge in [-0.2, -0.15) is 0 Å². The lowest BCUT2D eigenvalue weighted by molar-refractivity contribution is -0.143. The first kappa shape index (κ1) is 20.9. The molecular formula is C22H26O7. The van der Waals surface area contributed by atoms with Crippen molar-refractivity contribution in [2.75, 3.05) is 0 Å². The molecule has 2 aromatic rings. The largest absolute Gasteiger partial charge is 0.461 e. The second kappa shape index (κ2) is 8.68. The summed E-state index contributed by atoms with van der Waals surface area (Å²) in [5, 5.41) is 0.680. The number of carbonyl (C=O) groups is 3. The Hall–Kier alpha value is -2.83. The molecule has 3 rings (SSSR count). The monoisotopic (exact) mass is 402 g/mol. The molecule has 0 amide bonds. The molecule has 29 heavy (non-hydrogen) atoms. The first-order valence-corrected chi connectivity index (χ1v) is 9.88. The maximum absolute atomic E-state index is 12.1. The molecule has 0 saturated carbocycles. The lowest BCUT2D eigenvalue weighted by Gasteiger charge is -2.28. The highest BCUT2D eigenvalue weighted by molar-refractivity contribution is 5.94. The van der Waals surface area contributed by atoms with Gasteiger partial charge in [0.2, 0.25) is 0 Å². The van der Waals surface area contributed by atoms with Crippen molar-refractivity contribution < 1.29 is 33.0 Å². The van der Waals surface area contributed by atoms with Crippen LogP contribution in [0.15, 0.2) is 10.7 Å². The zero-order valence-corrected chi connectivity index (χ0v) is 17.3. The molecule has 0 N–H and O–H groups in total. The Morgan fingerprint density at radius 2 is 1.83 bits per heavy atom. The molecule has 7 heteroatoms. The van der Waals surface area contributed by atoms with Crippen LogP contribution in [-0.2, 0) is 43.5 Å². The highest BCUT2D eigenvalue weighted by Gasteiger charge is 2.31. The maximum Gasteiger partial charge on any atom is 0.311 e. The van der Waals surface area contributed by atoms with Gasteiger partial charge in [-0.1, -0.05) is 13.8 Å². The van der Waals surface area contributed by atoms with E-state index in [1.54, 1.807) is 6.92 Å². The molecule has 0 saturated heterocycles. The maximum atomic E-state index is 12.1. The number of furan rings is 1. The fourth-order valence-corrected chi connectivity index (χ4v) is 3.94. The molecule has 1 aliphatic carbocycles. The van der Waals surface area contributed by atoms with E-state index in [0.717, 1.165) is 36.0 Å². The first-order valence-electron chi connectivity index (χ1n) is 9.88. The van der Waals surface area contributed by atoms with Gasteiger partial charge in [-0.05, 0) is 30.7 Å². The molecule has 1 aliphatic rings. The van der Waals surface area contributed by atoms with Gasteiger partial charge in [0.1, 0.15) is 13.2 Å². The summed E-state index contributed by atoms with van der Waals surface area (Å²) < 4.78 is 22.0. The van der Waals surface area contributed by atoms with Crippen LogP contribution in [0.1, 0.15) is 75.1 Å². The van der Waals surface area contributed by atoms with E-state index in [-0.39, 0.29) is 37.5 Å². The Balaban J connectivity index is 2.27. The SMILES string of the molecule is CCC(=O)Oc1c2c(c(COC(C)=O)c3c(COC(C)=O)coc13)[C@@H](C)CCC2. The van der Waals surface area contributed by atoms with E-state index in [1.807, 2.05) is 0 Å². The van der Waals surface area contributed by atoms with Crippen molar-refractivity contribution >= 4 is 28.9 Å². The van der Waals surface area contributed by atoms with Crippen LogP contribution in [0, 0.1) is 0 Å². The van der Waals surface area contributed by atoms with Crippen LogP contribution in [0.2, 0.25) is 0 Å². The number of ether oxygens (including phenoxy) is 3. The topological polar surface area (TPSA) is 92.0 Å². The summed E-state index contributed by atoms with van der Waals surface area (Å²) in [6, 6.07) is 0. The summed E-state index contributed by atoms with van der Waals surface area (Å²) >= 11 is 0. The third-order valence-electron chi connectivity index (χ3n) is 5.21. The molecule has 1 atom stereocenters. The Bertz CT molecular complexity index is 954.